The highest BCUT2D eigenvalue weighted by atomic mass is 16.6. The lowest BCUT2D eigenvalue weighted by Crippen LogP contribution is -2.26. The molecular formula is C28H26N6O5. The van der Waals surface area contributed by atoms with Crippen molar-refractivity contribution in [2.75, 3.05) is 21.2 Å². The molecule has 5 aromatic rings. The van der Waals surface area contributed by atoms with Gasteiger partial charge in [0.05, 0.1) is 24.6 Å². The van der Waals surface area contributed by atoms with Gasteiger partial charge in [0.25, 0.3) is 11.5 Å². The number of hydrogen-bond donors (Lipinski definition) is 1. The van der Waals surface area contributed by atoms with Crippen molar-refractivity contribution in [3.05, 3.63) is 100 Å². The highest BCUT2D eigenvalue weighted by Gasteiger charge is 2.15. The predicted octanol–water partition coefficient (Wildman–Crippen LogP) is 3.09. The van der Waals surface area contributed by atoms with E-state index in [0.29, 0.717) is 22.2 Å². The quantitative estimate of drug-likeness (QED) is 0.346. The average molecular weight is 527 g/mol. The Kier molecular flexibility index (Phi) is 6.96. The SMILES string of the molecule is COc1ccc(CNC(=O)Oc2ccc3c(c2)c(=O)n(Cc2ccc(C(=O)N(C)C)cc2)c2nncn32)cc1. The summed E-state index contributed by atoms with van der Waals surface area (Å²) in [4.78, 5) is 39.7. The van der Waals surface area contributed by atoms with Crippen LogP contribution in [0.25, 0.3) is 16.7 Å². The molecule has 0 bridgehead atoms. The van der Waals surface area contributed by atoms with E-state index in [1.807, 2.05) is 12.1 Å². The summed E-state index contributed by atoms with van der Waals surface area (Å²) in [5.74, 6) is 1.20. The highest BCUT2D eigenvalue weighted by molar-refractivity contribution is 5.93. The van der Waals surface area contributed by atoms with Crippen molar-refractivity contribution < 1.29 is 19.1 Å². The maximum absolute atomic E-state index is 13.6. The molecule has 11 heteroatoms. The molecule has 0 unspecified atom stereocenters. The minimum absolute atomic E-state index is 0.107. The lowest BCUT2D eigenvalue weighted by Gasteiger charge is -2.13. The fourth-order valence-electron chi connectivity index (χ4n) is 4.18. The van der Waals surface area contributed by atoms with Crippen LogP contribution in [0, 0.1) is 0 Å². The van der Waals surface area contributed by atoms with Crippen LogP contribution >= 0.6 is 0 Å². The van der Waals surface area contributed by atoms with Crippen LogP contribution in [0.2, 0.25) is 0 Å². The summed E-state index contributed by atoms with van der Waals surface area (Å²) < 4.78 is 13.8. The van der Waals surface area contributed by atoms with E-state index in [-0.39, 0.29) is 30.3 Å². The number of amides is 2. The first-order chi connectivity index (χ1) is 18.8. The summed E-state index contributed by atoms with van der Waals surface area (Å²) in [6.07, 6.45) is 0.873. The van der Waals surface area contributed by atoms with Gasteiger partial charge in [0.2, 0.25) is 5.78 Å². The van der Waals surface area contributed by atoms with Gasteiger partial charge in [0.15, 0.2) is 0 Å². The molecule has 39 heavy (non-hydrogen) atoms. The summed E-state index contributed by atoms with van der Waals surface area (Å²) in [6.45, 7) is 0.476. The molecule has 0 saturated carbocycles. The zero-order valence-electron chi connectivity index (χ0n) is 21.6. The van der Waals surface area contributed by atoms with Crippen LogP contribution in [-0.4, -0.2) is 57.3 Å². The second-order valence-corrected chi connectivity index (χ2v) is 9.06. The monoisotopic (exact) mass is 526 g/mol. The second kappa shape index (κ2) is 10.7. The van der Waals surface area contributed by atoms with Crippen molar-refractivity contribution in [3.63, 3.8) is 0 Å². The molecule has 0 radical (unpaired) electrons. The molecule has 2 aromatic heterocycles. The van der Waals surface area contributed by atoms with Gasteiger partial charge in [0, 0.05) is 26.2 Å². The van der Waals surface area contributed by atoms with Gasteiger partial charge in [0.1, 0.15) is 17.8 Å². The van der Waals surface area contributed by atoms with Gasteiger partial charge < -0.3 is 19.7 Å². The van der Waals surface area contributed by atoms with Crippen LogP contribution in [0.1, 0.15) is 21.5 Å². The van der Waals surface area contributed by atoms with Gasteiger partial charge in [-0.25, -0.2) is 4.79 Å². The fourth-order valence-corrected chi connectivity index (χ4v) is 4.18. The summed E-state index contributed by atoms with van der Waals surface area (Å²) in [5, 5.41) is 11.2. The van der Waals surface area contributed by atoms with Gasteiger partial charge in [-0.05, 0) is 53.6 Å². The normalized spacial score (nSPS) is 10.9. The van der Waals surface area contributed by atoms with Crippen LogP contribution < -0.4 is 20.3 Å². The molecule has 0 atom stereocenters. The average Bonchev–Trinajstić information content (AvgIpc) is 3.44. The van der Waals surface area contributed by atoms with Crippen LogP contribution in [0.4, 0.5) is 4.79 Å². The summed E-state index contributed by atoms with van der Waals surface area (Å²) in [5.41, 5.74) is 2.50. The number of nitrogens with one attached hydrogen (secondary N) is 1. The van der Waals surface area contributed by atoms with Crippen LogP contribution in [0.3, 0.4) is 0 Å². The first-order valence-corrected chi connectivity index (χ1v) is 12.1. The number of hydrogen-bond acceptors (Lipinski definition) is 7. The molecule has 2 heterocycles. The smallest absolute Gasteiger partial charge is 0.412 e. The van der Waals surface area contributed by atoms with Gasteiger partial charge in [-0.2, -0.15) is 0 Å². The Morgan fingerprint density at radius 2 is 1.64 bits per heavy atom. The Labute approximate surface area is 223 Å². The number of benzene rings is 3. The Hall–Kier alpha value is -5.19. The number of fused-ring (bicyclic) bond motifs is 3. The molecule has 0 aliphatic heterocycles. The molecule has 0 spiro atoms. The molecule has 0 fully saturated rings. The molecular weight excluding hydrogens is 500 g/mol. The van der Waals surface area contributed by atoms with Crippen molar-refractivity contribution in [1.82, 2.24) is 29.4 Å². The maximum Gasteiger partial charge on any atom is 0.412 e. The summed E-state index contributed by atoms with van der Waals surface area (Å²) in [7, 11) is 4.97. The van der Waals surface area contributed by atoms with E-state index < -0.39 is 6.09 Å². The van der Waals surface area contributed by atoms with Crippen LogP contribution in [0.15, 0.2) is 77.9 Å². The molecule has 11 nitrogen and oxygen atoms in total. The van der Waals surface area contributed by atoms with E-state index >= 15 is 0 Å². The Morgan fingerprint density at radius 1 is 0.949 bits per heavy atom. The molecule has 5 rings (SSSR count). The number of nitrogens with zero attached hydrogens (tertiary/aromatic N) is 5. The van der Waals surface area contributed by atoms with E-state index in [4.69, 9.17) is 9.47 Å². The van der Waals surface area contributed by atoms with E-state index in [1.165, 1.54) is 21.9 Å². The van der Waals surface area contributed by atoms with Crippen LogP contribution in [-0.2, 0) is 13.1 Å². The van der Waals surface area contributed by atoms with Gasteiger partial charge >= 0.3 is 6.09 Å². The van der Waals surface area contributed by atoms with Crippen LogP contribution in [0.5, 0.6) is 11.5 Å². The minimum Gasteiger partial charge on any atom is -0.497 e. The molecule has 198 valence electrons. The third-order valence-electron chi connectivity index (χ3n) is 6.23. The molecule has 0 aliphatic carbocycles. The van der Waals surface area contributed by atoms with E-state index in [1.54, 1.807) is 74.1 Å². The maximum atomic E-state index is 13.6. The lowest BCUT2D eigenvalue weighted by atomic mass is 10.1. The zero-order valence-corrected chi connectivity index (χ0v) is 21.6. The zero-order chi connectivity index (χ0) is 27.5. The third-order valence-corrected chi connectivity index (χ3v) is 6.23. The van der Waals surface area contributed by atoms with Crippen molar-refractivity contribution in [3.8, 4) is 11.5 Å². The second-order valence-electron chi connectivity index (χ2n) is 9.06. The molecule has 1 N–H and O–H groups in total. The number of methoxy groups -OCH3 is 1. The summed E-state index contributed by atoms with van der Waals surface area (Å²) >= 11 is 0. The largest absolute Gasteiger partial charge is 0.497 e. The van der Waals surface area contributed by atoms with Crippen molar-refractivity contribution in [1.29, 1.82) is 0 Å². The van der Waals surface area contributed by atoms with E-state index in [2.05, 4.69) is 15.5 Å². The third kappa shape index (κ3) is 5.28. The Bertz CT molecular complexity index is 1720. The first-order valence-electron chi connectivity index (χ1n) is 12.1. The van der Waals surface area contributed by atoms with Gasteiger partial charge in [-0.1, -0.05) is 24.3 Å². The number of ether oxygens (including phenoxy) is 2. The topological polar surface area (TPSA) is 120 Å². The Balaban J connectivity index is 1.39. The predicted molar refractivity (Wildman–Crippen MR) is 144 cm³/mol. The number of aromatic nitrogens is 4. The number of rotatable bonds is 7. The summed E-state index contributed by atoms with van der Waals surface area (Å²) in [6, 6.07) is 19.2. The van der Waals surface area contributed by atoms with Gasteiger partial charge in [-0.15, -0.1) is 10.2 Å². The molecule has 0 saturated heterocycles. The lowest BCUT2D eigenvalue weighted by molar-refractivity contribution is 0.0827. The van der Waals surface area contributed by atoms with E-state index in [0.717, 1.165) is 16.9 Å². The van der Waals surface area contributed by atoms with Crippen molar-refractivity contribution >= 4 is 28.7 Å². The number of carbonyl (C=O) groups is 2. The standard InChI is InChI=1S/C28H26N6O5/c1-32(2)25(35)20-8-4-19(5-9-20)16-33-26(36)23-14-22(12-13-24(23)34-17-30-31-27(33)34)39-28(37)29-15-18-6-10-21(38-3)11-7-18/h4-14,17H,15-16H2,1-3H3,(H,29,37). The minimum atomic E-state index is -0.650. The van der Waals surface area contributed by atoms with E-state index in [9.17, 15) is 14.4 Å². The van der Waals surface area contributed by atoms with Crippen molar-refractivity contribution in [2.24, 2.45) is 0 Å². The molecule has 3 aromatic carbocycles. The molecule has 0 aliphatic rings. The van der Waals surface area contributed by atoms with Crippen molar-refractivity contribution in [2.45, 2.75) is 13.1 Å². The highest BCUT2D eigenvalue weighted by Crippen LogP contribution is 2.20. The first kappa shape index (κ1) is 25.5. The Morgan fingerprint density at radius 3 is 2.33 bits per heavy atom. The number of carbonyl (C=O) groups excluding carboxylic acids is 2. The molecule has 2 amide bonds. The fraction of sp³-hybridized carbons (Fsp3) is 0.179. The van der Waals surface area contributed by atoms with Gasteiger partial charge in [-0.3, -0.25) is 18.6 Å².